The zero-order valence-corrected chi connectivity index (χ0v) is 15.1. The number of rotatable bonds is 6. The first-order valence-electron chi connectivity index (χ1n) is 7.97. The SMILES string of the molecule is CN=C(NCCc1nc(C(F)(F)F)cs1)NCC1(OC)CCOCC1. The van der Waals surface area contributed by atoms with E-state index in [0.29, 0.717) is 43.7 Å². The Morgan fingerprint density at radius 2 is 2.12 bits per heavy atom. The van der Waals surface area contributed by atoms with Crippen LogP contribution in [0.3, 0.4) is 0 Å². The third-order valence-corrected chi connectivity index (χ3v) is 5.02. The summed E-state index contributed by atoms with van der Waals surface area (Å²) in [6.45, 7) is 2.34. The number of methoxy groups -OCH3 is 1. The molecule has 0 aliphatic carbocycles. The second-order valence-corrected chi connectivity index (χ2v) is 6.67. The van der Waals surface area contributed by atoms with Crippen LogP contribution in [0.2, 0.25) is 0 Å². The van der Waals surface area contributed by atoms with E-state index < -0.39 is 11.9 Å². The number of thiazole rings is 1. The summed E-state index contributed by atoms with van der Waals surface area (Å²) in [7, 11) is 3.33. The fraction of sp³-hybridized carbons (Fsp3) is 0.733. The normalized spacial score (nSPS) is 18.2. The lowest BCUT2D eigenvalue weighted by Crippen LogP contribution is -2.51. The van der Waals surface area contributed by atoms with Crippen molar-refractivity contribution in [3.05, 3.63) is 16.1 Å². The maximum atomic E-state index is 12.5. The van der Waals surface area contributed by atoms with Crippen molar-refractivity contribution in [2.75, 3.05) is 40.5 Å². The monoisotopic (exact) mass is 380 g/mol. The quantitative estimate of drug-likeness (QED) is 0.584. The van der Waals surface area contributed by atoms with E-state index in [4.69, 9.17) is 9.47 Å². The second kappa shape index (κ2) is 8.81. The molecule has 0 bridgehead atoms. The Balaban J connectivity index is 1.77. The van der Waals surface area contributed by atoms with Gasteiger partial charge in [0.25, 0.3) is 0 Å². The predicted molar refractivity (Wildman–Crippen MR) is 90.0 cm³/mol. The first-order valence-corrected chi connectivity index (χ1v) is 8.85. The molecule has 0 saturated carbocycles. The van der Waals surface area contributed by atoms with Crippen molar-refractivity contribution in [3.8, 4) is 0 Å². The minimum atomic E-state index is -4.39. The second-order valence-electron chi connectivity index (χ2n) is 5.73. The van der Waals surface area contributed by atoms with E-state index in [1.807, 2.05) is 0 Å². The van der Waals surface area contributed by atoms with Crippen LogP contribution >= 0.6 is 11.3 Å². The molecule has 6 nitrogen and oxygen atoms in total. The Morgan fingerprint density at radius 1 is 1.40 bits per heavy atom. The molecule has 1 saturated heterocycles. The van der Waals surface area contributed by atoms with Gasteiger partial charge in [0.15, 0.2) is 11.7 Å². The smallest absolute Gasteiger partial charge is 0.381 e. The Bertz CT molecular complexity index is 571. The summed E-state index contributed by atoms with van der Waals surface area (Å²) >= 11 is 1.01. The lowest BCUT2D eigenvalue weighted by molar-refractivity contribution is -0.140. The maximum absolute atomic E-state index is 12.5. The summed E-state index contributed by atoms with van der Waals surface area (Å²) in [5.74, 6) is 0.579. The fourth-order valence-corrected chi connectivity index (χ4v) is 3.31. The molecule has 1 aromatic rings. The van der Waals surface area contributed by atoms with Gasteiger partial charge in [-0.3, -0.25) is 4.99 Å². The molecule has 0 spiro atoms. The molecular formula is C15H23F3N4O2S. The van der Waals surface area contributed by atoms with Gasteiger partial charge in [0.1, 0.15) is 0 Å². The molecule has 0 radical (unpaired) electrons. The van der Waals surface area contributed by atoms with Gasteiger partial charge in [-0.1, -0.05) is 0 Å². The first-order chi connectivity index (χ1) is 11.9. The molecule has 0 aromatic carbocycles. The van der Waals surface area contributed by atoms with Gasteiger partial charge in [-0.25, -0.2) is 4.98 Å². The number of guanidine groups is 1. The van der Waals surface area contributed by atoms with E-state index in [2.05, 4.69) is 20.6 Å². The summed E-state index contributed by atoms with van der Waals surface area (Å²) < 4.78 is 48.6. The number of nitrogens with zero attached hydrogens (tertiary/aromatic N) is 2. The highest BCUT2D eigenvalue weighted by molar-refractivity contribution is 7.09. The summed E-state index contributed by atoms with van der Waals surface area (Å²) in [6.07, 6.45) is -2.40. The highest BCUT2D eigenvalue weighted by atomic mass is 32.1. The van der Waals surface area contributed by atoms with Gasteiger partial charge in [0, 0.05) is 65.1 Å². The lowest BCUT2D eigenvalue weighted by atomic mass is 9.94. The van der Waals surface area contributed by atoms with Gasteiger partial charge in [-0.15, -0.1) is 11.3 Å². The highest BCUT2D eigenvalue weighted by Gasteiger charge is 2.34. The molecule has 1 fully saturated rings. The van der Waals surface area contributed by atoms with Gasteiger partial charge in [0.2, 0.25) is 0 Å². The first kappa shape index (κ1) is 19.9. The van der Waals surface area contributed by atoms with Gasteiger partial charge in [-0.05, 0) is 0 Å². The van der Waals surface area contributed by atoms with Crippen LogP contribution in [0.5, 0.6) is 0 Å². The topological polar surface area (TPSA) is 67.8 Å². The number of nitrogens with one attached hydrogen (secondary N) is 2. The number of hydrogen-bond donors (Lipinski definition) is 2. The fourth-order valence-electron chi connectivity index (χ4n) is 2.51. The van der Waals surface area contributed by atoms with Crippen molar-refractivity contribution in [1.29, 1.82) is 0 Å². The molecule has 0 unspecified atom stereocenters. The van der Waals surface area contributed by atoms with Crippen LogP contribution in [-0.4, -0.2) is 57.0 Å². The molecule has 1 aromatic heterocycles. The predicted octanol–water partition coefficient (Wildman–Crippen LogP) is 2.07. The number of halogens is 3. The van der Waals surface area contributed by atoms with Crippen LogP contribution in [0, 0.1) is 0 Å². The lowest BCUT2D eigenvalue weighted by Gasteiger charge is -2.36. The van der Waals surface area contributed by atoms with E-state index in [0.717, 1.165) is 29.6 Å². The minimum Gasteiger partial charge on any atom is -0.381 e. The Hall–Kier alpha value is -1.39. The summed E-state index contributed by atoms with van der Waals surface area (Å²) in [5.41, 5.74) is -1.12. The van der Waals surface area contributed by atoms with E-state index in [9.17, 15) is 13.2 Å². The molecule has 10 heteroatoms. The van der Waals surface area contributed by atoms with Crippen LogP contribution in [0.15, 0.2) is 10.4 Å². The number of ether oxygens (including phenoxy) is 2. The van der Waals surface area contributed by atoms with Crippen LogP contribution in [0.4, 0.5) is 13.2 Å². The van der Waals surface area contributed by atoms with Gasteiger partial charge in [-0.2, -0.15) is 13.2 Å². The Kier molecular flexibility index (Phi) is 7.03. The molecule has 25 heavy (non-hydrogen) atoms. The number of aromatic nitrogens is 1. The molecule has 2 N–H and O–H groups in total. The average molecular weight is 380 g/mol. The maximum Gasteiger partial charge on any atom is 0.434 e. The summed E-state index contributed by atoms with van der Waals surface area (Å²) in [6, 6.07) is 0. The highest BCUT2D eigenvalue weighted by Crippen LogP contribution is 2.30. The van der Waals surface area contributed by atoms with Crippen molar-refractivity contribution in [2.45, 2.75) is 31.0 Å². The molecule has 1 aliphatic rings. The molecule has 2 heterocycles. The average Bonchev–Trinajstić information content (AvgIpc) is 3.08. The molecule has 1 aliphatic heterocycles. The third kappa shape index (κ3) is 5.82. The van der Waals surface area contributed by atoms with Crippen molar-refractivity contribution >= 4 is 17.3 Å². The number of aliphatic imine (C=N–C) groups is 1. The van der Waals surface area contributed by atoms with Gasteiger partial charge >= 0.3 is 6.18 Å². The standard InChI is InChI=1S/C15H23F3N4O2S/c1-19-13(21-10-14(23-2)4-7-24-8-5-14)20-6-3-12-22-11(9-25-12)15(16,17)18/h9H,3-8,10H2,1-2H3,(H2,19,20,21). The van der Waals surface area contributed by atoms with Crippen molar-refractivity contribution in [2.24, 2.45) is 4.99 Å². The molecule has 142 valence electrons. The zero-order chi connectivity index (χ0) is 18.3. The van der Waals surface area contributed by atoms with Gasteiger partial charge < -0.3 is 20.1 Å². The van der Waals surface area contributed by atoms with Crippen LogP contribution in [0.25, 0.3) is 0 Å². The van der Waals surface area contributed by atoms with Crippen molar-refractivity contribution in [1.82, 2.24) is 15.6 Å². The van der Waals surface area contributed by atoms with Crippen molar-refractivity contribution < 1.29 is 22.6 Å². The van der Waals surface area contributed by atoms with E-state index >= 15 is 0 Å². The van der Waals surface area contributed by atoms with Crippen LogP contribution < -0.4 is 10.6 Å². The largest absolute Gasteiger partial charge is 0.434 e. The molecule has 2 rings (SSSR count). The third-order valence-electron chi connectivity index (χ3n) is 4.11. The van der Waals surface area contributed by atoms with Gasteiger partial charge in [0.05, 0.1) is 10.6 Å². The van der Waals surface area contributed by atoms with E-state index in [1.54, 1.807) is 14.2 Å². The number of alkyl halides is 3. The minimum absolute atomic E-state index is 0.285. The van der Waals surface area contributed by atoms with Crippen LogP contribution in [-0.2, 0) is 22.1 Å². The molecular weight excluding hydrogens is 357 g/mol. The zero-order valence-electron chi connectivity index (χ0n) is 14.3. The Labute approximate surface area is 148 Å². The van der Waals surface area contributed by atoms with Crippen LogP contribution in [0.1, 0.15) is 23.5 Å². The molecule has 0 atom stereocenters. The summed E-state index contributed by atoms with van der Waals surface area (Å²) in [4.78, 5) is 7.73. The Morgan fingerprint density at radius 3 is 2.68 bits per heavy atom. The number of hydrogen-bond acceptors (Lipinski definition) is 5. The van der Waals surface area contributed by atoms with E-state index in [-0.39, 0.29) is 5.60 Å². The van der Waals surface area contributed by atoms with E-state index in [1.165, 1.54) is 0 Å². The molecule has 0 amide bonds. The summed E-state index contributed by atoms with van der Waals surface area (Å²) in [5, 5.41) is 7.77. The van der Waals surface area contributed by atoms with Crippen molar-refractivity contribution in [3.63, 3.8) is 0 Å².